The second-order valence-corrected chi connectivity index (χ2v) is 5.34. The number of hydrogen-bond donors (Lipinski definition) is 1. The summed E-state index contributed by atoms with van der Waals surface area (Å²) in [5.74, 6) is 0. The van der Waals surface area contributed by atoms with Crippen molar-refractivity contribution < 1.29 is 0 Å². The Bertz CT molecular complexity index is 315. The fourth-order valence-corrected chi connectivity index (χ4v) is 2.28. The van der Waals surface area contributed by atoms with Crippen molar-refractivity contribution in [3.05, 3.63) is 34.3 Å². The summed E-state index contributed by atoms with van der Waals surface area (Å²) in [5, 5.41) is 3.35. The first-order chi connectivity index (χ1) is 8.22. The van der Waals surface area contributed by atoms with Crippen LogP contribution in [-0.2, 0) is 6.54 Å². The molecule has 0 aliphatic rings. The minimum absolute atomic E-state index is 1.03. The molecule has 0 amide bonds. The molecule has 0 atom stereocenters. The van der Waals surface area contributed by atoms with Gasteiger partial charge in [-0.15, -0.1) is 0 Å². The molecule has 0 bridgehead atoms. The van der Waals surface area contributed by atoms with Gasteiger partial charge in [-0.1, -0.05) is 35.0 Å². The van der Waals surface area contributed by atoms with Gasteiger partial charge in [-0.2, -0.15) is 0 Å². The van der Waals surface area contributed by atoms with E-state index in [1.807, 2.05) is 0 Å². The molecule has 0 aliphatic carbocycles. The molecule has 3 heteroatoms. The maximum atomic E-state index is 3.51. The zero-order valence-electron chi connectivity index (χ0n) is 10.9. The van der Waals surface area contributed by atoms with Crippen LogP contribution in [0.4, 0.5) is 0 Å². The Balaban J connectivity index is 2.18. The van der Waals surface area contributed by atoms with Crippen LogP contribution < -0.4 is 5.32 Å². The van der Waals surface area contributed by atoms with Gasteiger partial charge in [0.25, 0.3) is 0 Å². The molecule has 0 aliphatic heterocycles. The zero-order chi connectivity index (χ0) is 12.5. The standard InChI is InChI=1S/C14H23BrN2/c1-3-16-9-4-5-10-17(2)12-13-7-6-8-14(15)11-13/h6-8,11,16H,3-5,9-10,12H2,1-2H3. The number of nitrogens with zero attached hydrogens (tertiary/aromatic N) is 1. The van der Waals surface area contributed by atoms with Crippen molar-refractivity contribution in [2.75, 3.05) is 26.7 Å². The molecule has 2 nitrogen and oxygen atoms in total. The van der Waals surface area contributed by atoms with Gasteiger partial charge in [-0.3, -0.25) is 0 Å². The first-order valence-corrected chi connectivity index (χ1v) is 7.15. The van der Waals surface area contributed by atoms with Crippen molar-refractivity contribution in [2.24, 2.45) is 0 Å². The molecule has 0 heterocycles. The van der Waals surface area contributed by atoms with Crippen molar-refractivity contribution in [3.8, 4) is 0 Å². The first-order valence-electron chi connectivity index (χ1n) is 6.36. The molecule has 0 fully saturated rings. The van der Waals surface area contributed by atoms with E-state index in [0.717, 1.165) is 30.7 Å². The smallest absolute Gasteiger partial charge is 0.0231 e. The van der Waals surface area contributed by atoms with Crippen LogP contribution in [0.3, 0.4) is 0 Å². The van der Waals surface area contributed by atoms with Crippen molar-refractivity contribution in [3.63, 3.8) is 0 Å². The van der Waals surface area contributed by atoms with Crippen molar-refractivity contribution in [2.45, 2.75) is 26.3 Å². The number of nitrogens with one attached hydrogen (secondary N) is 1. The van der Waals surface area contributed by atoms with Crippen LogP contribution in [0.2, 0.25) is 0 Å². The summed E-state index contributed by atoms with van der Waals surface area (Å²) in [6, 6.07) is 8.54. The lowest BCUT2D eigenvalue weighted by Gasteiger charge is -2.16. The molecule has 0 spiro atoms. The monoisotopic (exact) mass is 298 g/mol. The molecule has 0 saturated heterocycles. The average molecular weight is 299 g/mol. The van der Waals surface area contributed by atoms with Gasteiger partial charge in [0.05, 0.1) is 0 Å². The summed E-state index contributed by atoms with van der Waals surface area (Å²) >= 11 is 3.51. The van der Waals surface area contributed by atoms with E-state index in [-0.39, 0.29) is 0 Å². The minimum Gasteiger partial charge on any atom is -0.317 e. The second kappa shape index (κ2) is 8.67. The largest absolute Gasteiger partial charge is 0.317 e. The molecule has 1 aromatic carbocycles. The number of hydrogen-bond acceptors (Lipinski definition) is 2. The topological polar surface area (TPSA) is 15.3 Å². The third-order valence-corrected chi connectivity index (χ3v) is 3.23. The molecule has 1 N–H and O–H groups in total. The quantitative estimate of drug-likeness (QED) is 0.741. The van der Waals surface area contributed by atoms with E-state index in [2.05, 4.69) is 64.4 Å². The van der Waals surface area contributed by atoms with Crippen molar-refractivity contribution >= 4 is 15.9 Å². The summed E-state index contributed by atoms with van der Waals surface area (Å²) in [4.78, 5) is 2.38. The van der Waals surface area contributed by atoms with Gasteiger partial charge in [0, 0.05) is 11.0 Å². The maximum absolute atomic E-state index is 3.51. The van der Waals surface area contributed by atoms with Crippen LogP contribution in [0.25, 0.3) is 0 Å². The fraction of sp³-hybridized carbons (Fsp3) is 0.571. The number of halogens is 1. The fourth-order valence-electron chi connectivity index (χ4n) is 1.83. The highest BCUT2D eigenvalue weighted by Gasteiger charge is 2.00. The Labute approximate surface area is 114 Å². The molecule has 96 valence electrons. The van der Waals surface area contributed by atoms with E-state index in [0.29, 0.717) is 0 Å². The van der Waals surface area contributed by atoms with E-state index in [9.17, 15) is 0 Å². The SMILES string of the molecule is CCNCCCCN(C)Cc1cccc(Br)c1. The lowest BCUT2D eigenvalue weighted by Crippen LogP contribution is -2.21. The number of rotatable bonds is 8. The van der Waals surface area contributed by atoms with Crippen LogP contribution >= 0.6 is 15.9 Å². The summed E-state index contributed by atoms with van der Waals surface area (Å²) in [5.41, 5.74) is 1.37. The molecule has 0 unspecified atom stereocenters. The van der Waals surface area contributed by atoms with Crippen LogP contribution in [0.1, 0.15) is 25.3 Å². The first kappa shape index (κ1) is 14.7. The second-order valence-electron chi connectivity index (χ2n) is 4.43. The van der Waals surface area contributed by atoms with Crippen LogP contribution in [0.15, 0.2) is 28.7 Å². The summed E-state index contributed by atoms with van der Waals surface area (Å²) in [6.07, 6.45) is 2.52. The lowest BCUT2D eigenvalue weighted by atomic mass is 10.2. The summed E-state index contributed by atoms with van der Waals surface area (Å²) in [6.45, 7) is 6.56. The van der Waals surface area contributed by atoms with Gasteiger partial charge in [0.2, 0.25) is 0 Å². The Morgan fingerprint density at radius 1 is 1.29 bits per heavy atom. The molecule has 1 aromatic rings. The van der Waals surface area contributed by atoms with Crippen molar-refractivity contribution in [1.29, 1.82) is 0 Å². The predicted molar refractivity (Wildman–Crippen MR) is 78.3 cm³/mol. The Kier molecular flexibility index (Phi) is 7.49. The highest BCUT2D eigenvalue weighted by Crippen LogP contribution is 2.13. The lowest BCUT2D eigenvalue weighted by molar-refractivity contribution is 0.318. The Hall–Kier alpha value is -0.380. The van der Waals surface area contributed by atoms with Gasteiger partial charge in [-0.05, 0) is 57.2 Å². The molecule has 0 saturated carbocycles. The molecular weight excluding hydrogens is 276 g/mol. The van der Waals surface area contributed by atoms with E-state index in [1.165, 1.54) is 18.4 Å². The summed E-state index contributed by atoms with van der Waals surface area (Å²) < 4.78 is 1.16. The van der Waals surface area contributed by atoms with Gasteiger partial charge < -0.3 is 10.2 Å². The predicted octanol–water partition coefficient (Wildman–Crippen LogP) is 3.27. The molecule has 0 aromatic heterocycles. The van der Waals surface area contributed by atoms with Crippen molar-refractivity contribution in [1.82, 2.24) is 10.2 Å². The van der Waals surface area contributed by atoms with E-state index in [4.69, 9.17) is 0 Å². The maximum Gasteiger partial charge on any atom is 0.0231 e. The van der Waals surface area contributed by atoms with Gasteiger partial charge in [0.15, 0.2) is 0 Å². The molecule has 1 rings (SSSR count). The minimum atomic E-state index is 1.03. The Morgan fingerprint density at radius 3 is 2.82 bits per heavy atom. The Morgan fingerprint density at radius 2 is 2.12 bits per heavy atom. The van der Waals surface area contributed by atoms with Gasteiger partial charge in [-0.25, -0.2) is 0 Å². The third kappa shape index (κ3) is 6.81. The van der Waals surface area contributed by atoms with Crippen LogP contribution in [0.5, 0.6) is 0 Å². The molecule has 0 radical (unpaired) electrons. The van der Waals surface area contributed by atoms with Gasteiger partial charge in [0.1, 0.15) is 0 Å². The normalized spacial score (nSPS) is 11.1. The van der Waals surface area contributed by atoms with Gasteiger partial charge >= 0.3 is 0 Å². The zero-order valence-corrected chi connectivity index (χ0v) is 12.5. The van der Waals surface area contributed by atoms with E-state index in [1.54, 1.807) is 0 Å². The average Bonchev–Trinajstić information content (AvgIpc) is 2.29. The molecule has 17 heavy (non-hydrogen) atoms. The van der Waals surface area contributed by atoms with Crippen LogP contribution in [-0.4, -0.2) is 31.6 Å². The highest BCUT2D eigenvalue weighted by molar-refractivity contribution is 9.10. The summed E-state index contributed by atoms with van der Waals surface area (Å²) in [7, 11) is 2.19. The number of benzene rings is 1. The third-order valence-electron chi connectivity index (χ3n) is 2.73. The molecular formula is C14H23BrN2. The number of unbranched alkanes of at least 4 members (excludes halogenated alkanes) is 1. The van der Waals surface area contributed by atoms with Crippen LogP contribution in [0, 0.1) is 0 Å². The highest BCUT2D eigenvalue weighted by atomic mass is 79.9. The van der Waals surface area contributed by atoms with E-state index < -0.39 is 0 Å². The van der Waals surface area contributed by atoms with E-state index >= 15 is 0 Å².